The van der Waals surface area contributed by atoms with E-state index in [2.05, 4.69) is 17.3 Å². The van der Waals surface area contributed by atoms with Crippen molar-refractivity contribution < 1.29 is 14.7 Å². The molecule has 0 bridgehead atoms. The average molecular weight is 285 g/mol. The maximum atomic E-state index is 12.1. The Labute approximate surface area is 121 Å². The standard InChI is InChI=1S/C14H27N3O3/c1-11(6-7-13(18)19)9-15-14(20)17(3)12-5-4-8-16(2)10-12/h11-12H,4-10H2,1-3H3,(H,15,20)(H,18,19). The van der Waals surface area contributed by atoms with E-state index in [4.69, 9.17) is 5.11 Å². The Kier molecular flexibility index (Phi) is 6.78. The van der Waals surface area contributed by atoms with Crippen molar-refractivity contribution in [3.05, 3.63) is 0 Å². The van der Waals surface area contributed by atoms with E-state index in [1.807, 2.05) is 14.0 Å². The minimum absolute atomic E-state index is 0.0625. The maximum absolute atomic E-state index is 12.1. The second kappa shape index (κ2) is 8.09. The number of carboxylic acids is 1. The maximum Gasteiger partial charge on any atom is 0.317 e. The predicted octanol–water partition coefficient (Wildman–Crippen LogP) is 1.22. The van der Waals surface area contributed by atoms with Gasteiger partial charge in [0.1, 0.15) is 0 Å². The molecule has 6 nitrogen and oxygen atoms in total. The molecule has 1 rings (SSSR count). The summed E-state index contributed by atoms with van der Waals surface area (Å²) < 4.78 is 0. The van der Waals surface area contributed by atoms with Gasteiger partial charge in [0.2, 0.25) is 0 Å². The Hall–Kier alpha value is -1.30. The quantitative estimate of drug-likeness (QED) is 0.769. The van der Waals surface area contributed by atoms with E-state index in [0.29, 0.717) is 13.0 Å². The van der Waals surface area contributed by atoms with Gasteiger partial charge in [0.05, 0.1) is 0 Å². The highest BCUT2D eigenvalue weighted by Gasteiger charge is 2.24. The predicted molar refractivity (Wildman–Crippen MR) is 77.7 cm³/mol. The summed E-state index contributed by atoms with van der Waals surface area (Å²) in [7, 11) is 3.91. The number of carbonyl (C=O) groups excluding carboxylic acids is 1. The van der Waals surface area contributed by atoms with E-state index in [0.717, 1.165) is 25.9 Å². The molecule has 1 heterocycles. The Morgan fingerprint density at radius 3 is 2.80 bits per heavy atom. The van der Waals surface area contributed by atoms with Gasteiger partial charge >= 0.3 is 12.0 Å². The molecule has 20 heavy (non-hydrogen) atoms. The van der Waals surface area contributed by atoms with Crippen molar-refractivity contribution in [2.75, 3.05) is 33.7 Å². The number of likely N-dealkylation sites (tertiary alicyclic amines) is 1. The Morgan fingerprint density at radius 2 is 2.20 bits per heavy atom. The third kappa shape index (κ3) is 5.77. The topological polar surface area (TPSA) is 72.9 Å². The molecule has 116 valence electrons. The third-order valence-corrected chi connectivity index (χ3v) is 3.92. The van der Waals surface area contributed by atoms with Crippen LogP contribution < -0.4 is 5.32 Å². The fraction of sp³-hybridized carbons (Fsp3) is 0.857. The van der Waals surface area contributed by atoms with Crippen LogP contribution in [0.25, 0.3) is 0 Å². The number of likely N-dealkylation sites (N-methyl/N-ethyl adjacent to an activating group) is 2. The number of rotatable bonds is 6. The molecule has 1 aliphatic heterocycles. The summed E-state index contributed by atoms with van der Waals surface area (Å²) in [6, 6.07) is 0.204. The van der Waals surface area contributed by atoms with E-state index in [9.17, 15) is 9.59 Å². The molecular formula is C14H27N3O3. The number of hydrogen-bond donors (Lipinski definition) is 2. The Morgan fingerprint density at radius 1 is 1.50 bits per heavy atom. The largest absolute Gasteiger partial charge is 0.481 e. The zero-order chi connectivity index (χ0) is 15.1. The number of aliphatic carboxylic acids is 1. The van der Waals surface area contributed by atoms with Crippen LogP contribution in [-0.2, 0) is 4.79 Å². The van der Waals surface area contributed by atoms with E-state index in [1.165, 1.54) is 0 Å². The van der Waals surface area contributed by atoms with Gasteiger partial charge in [-0.1, -0.05) is 6.92 Å². The number of amides is 2. The van der Waals surface area contributed by atoms with Crippen LogP contribution in [0.5, 0.6) is 0 Å². The van der Waals surface area contributed by atoms with Crippen molar-refractivity contribution in [2.45, 2.75) is 38.6 Å². The van der Waals surface area contributed by atoms with E-state index in [1.54, 1.807) is 4.90 Å². The lowest BCUT2D eigenvalue weighted by molar-refractivity contribution is -0.137. The summed E-state index contributed by atoms with van der Waals surface area (Å²) in [5.74, 6) is -0.608. The van der Waals surface area contributed by atoms with Crippen LogP contribution in [0.1, 0.15) is 32.6 Å². The second-order valence-corrected chi connectivity index (χ2v) is 5.89. The van der Waals surface area contributed by atoms with Crippen LogP contribution in [0.2, 0.25) is 0 Å². The molecule has 1 fully saturated rings. The van der Waals surface area contributed by atoms with Crippen LogP contribution in [0.15, 0.2) is 0 Å². The van der Waals surface area contributed by atoms with Crippen LogP contribution in [0.3, 0.4) is 0 Å². The summed E-state index contributed by atoms with van der Waals surface area (Å²) in [6.45, 7) is 4.49. The SMILES string of the molecule is CC(CCC(=O)O)CNC(=O)N(C)C1CCCN(C)C1. The zero-order valence-electron chi connectivity index (χ0n) is 12.8. The summed E-state index contributed by atoms with van der Waals surface area (Å²) in [5.41, 5.74) is 0. The fourth-order valence-electron chi connectivity index (χ4n) is 2.48. The summed E-state index contributed by atoms with van der Waals surface area (Å²) in [5, 5.41) is 11.5. The molecule has 0 aliphatic carbocycles. The van der Waals surface area contributed by atoms with E-state index < -0.39 is 5.97 Å². The highest BCUT2D eigenvalue weighted by Crippen LogP contribution is 2.13. The molecule has 1 saturated heterocycles. The summed E-state index contributed by atoms with van der Waals surface area (Å²) >= 11 is 0. The number of nitrogens with zero attached hydrogens (tertiary/aromatic N) is 2. The van der Waals surface area contributed by atoms with Crippen LogP contribution >= 0.6 is 0 Å². The van der Waals surface area contributed by atoms with Gasteiger partial charge in [-0.2, -0.15) is 0 Å². The number of piperidine rings is 1. The first-order valence-electron chi connectivity index (χ1n) is 7.31. The van der Waals surface area contributed by atoms with Crippen LogP contribution in [-0.4, -0.2) is 66.7 Å². The van der Waals surface area contributed by atoms with Gasteiger partial charge in [0.15, 0.2) is 0 Å². The fourth-order valence-corrected chi connectivity index (χ4v) is 2.48. The molecule has 2 amide bonds. The molecular weight excluding hydrogens is 258 g/mol. The minimum Gasteiger partial charge on any atom is -0.481 e. The van der Waals surface area contributed by atoms with Gasteiger partial charge < -0.3 is 20.2 Å². The van der Waals surface area contributed by atoms with E-state index >= 15 is 0 Å². The van der Waals surface area contributed by atoms with Gasteiger partial charge in [-0.25, -0.2) is 4.79 Å². The molecule has 1 aliphatic rings. The molecule has 0 aromatic heterocycles. The molecule has 0 aromatic rings. The number of carbonyl (C=O) groups is 2. The average Bonchev–Trinajstić information content (AvgIpc) is 2.41. The highest BCUT2D eigenvalue weighted by molar-refractivity contribution is 5.74. The molecule has 2 atom stereocenters. The normalized spacial score (nSPS) is 21.2. The van der Waals surface area contributed by atoms with Crippen molar-refractivity contribution in [3.63, 3.8) is 0 Å². The molecule has 2 unspecified atom stereocenters. The van der Waals surface area contributed by atoms with Crippen molar-refractivity contribution in [3.8, 4) is 0 Å². The first kappa shape index (κ1) is 16.8. The molecule has 0 saturated carbocycles. The van der Waals surface area contributed by atoms with Gasteiger partial charge in [0, 0.05) is 32.6 Å². The van der Waals surface area contributed by atoms with Gasteiger partial charge in [-0.15, -0.1) is 0 Å². The number of hydrogen-bond acceptors (Lipinski definition) is 3. The second-order valence-electron chi connectivity index (χ2n) is 5.89. The molecule has 0 radical (unpaired) electrons. The summed E-state index contributed by atoms with van der Waals surface area (Å²) in [6.07, 6.45) is 2.91. The number of carboxylic acid groups (broad SMARTS) is 1. The van der Waals surface area contributed by atoms with Crippen molar-refractivity contribution in [1.82, 2.24) is 15.1 Å². The molecule has 6 heteroatoms. The smallest absolute Gasteiger partial charge is 0.317 e. The zero-order valence-corrected chi connectivity index (χ0v) is 12.8. The summed E-state index contributed by atoms with van der Waals surface area (Å²) in [4.78, 5) is 26.6. The van der Waals surface area contributed by atoms with E-state index in [-0.39, 0.29) is 24.4 Å². The number of nitrogens with one attached hydrogen (secondary N) is 1. The first-order valence-corrected chi connectivity index (χ1v) is 7.31. The monoisotopic (exact) mass is 285 g/mol. The van der Waals surface area contributed by atoms with Crippen LogP contribution in [0, 0.1) is 5.92 Å². The van der Waals surface area contributed by atoms with Gasteiger partial charge in [0.25, 0.3) is 0 Å². The molecule has 0 aromatic carbocycles. The lowest BCUT2D eigenvalue weighted by atomic mass is 10.0. The first-order chi connectivity index (χ1) is 9.40. The van der Waals surface area contributed by atoms with Crippen molar-refractivity contribution in [2.24, 2.45) is 5.92 Å². The van der Waals surface area contributed by atoms with Crippen LogP contribution in [0.4, 0.5) is 4.79 Å². The lowest BCUT2D eigenvalue weighted by Crippen LogP contribution is -2.50. The number of urea groups is 1. The van der Waals surface area contributed by atoms with Crippen molar-refractivity contribution in [1.29, 1.82) is 0 Å². The highest BCUT2D eigenvalue weighted by atomic mass is 16.4. The van der Waals surface area contributed by atoms with Crippen molar-refractivity contribution >= 4 is 12.0 Å². The minimum atomic E-state index is -0.787. The lowest BCUT2D eigenvalue weighted by Gasteiger charge is -2.35. The third-order valence-electron chi connectivity index (χ3n) is 3.92. The molecule has 0 spiro atoms. The van der Waals surface area contributed by atoms with Gasteiger partial charge in [-0.05, 0) is 38.8 Å². The Bertz CT molecular complexity index is 336. The van der Waals surface area contributed by atoms with Gasteiger partial charge in [-0.3, -0.25) is 4.79 Å². The Balaban J connectivity index is 2.28. The molecule has 2 N–H and O–H groups in total.